The van der Waals surface area contributed by atoms with Gasteiger partial charge in [0.1, 0.15) is 11.6 Å². The Labute approximate surface area is 127 Å². The van der Waals surface area contributed by atoms with Gasteiger partial charge in [0.05, 0.1) is 5.75 Å². The van der Waals surface area contributed by atoms with E-state index in [2.05, 4.69) is 0 Å². The van der Waals surface area contributed by atoms with Crippen molar-refractivity contribution in [3.63, 3.8) is 0 Å². The van der Waals surface area contributed by atoms with Crippen LogP contribution in [0.2, 0.25) is 0 Å². The van der Waals surface area contributed by atoms with Crippen LogP contribution in [0.25, 0.3) is 0 Å². The lowest BCUT2D eigenvalue weighted by Gasteiger charge is -2.20. The van der Waals surface area contributed by atoms with Crippen LogP contribution in [0.3, 0.4) is 0 Å². The summed E-state index contributed by atoms with van der Waals surface area (Å²) in [4.78, 5) is 14.8. The number of nitrogens with zero attached hydrogens (tertiary/aromatic N) is 1. The number of benzene rings is 2. The van der Waals surface area contributed by atoms with Gasteiger partial charge in [-0.15, -0.1) is 11.8 Å². The minimum absolute atomic E-state index is 0.0396. The first-order valence-corrected chi connectivity index (χ1v) is 7.56. The molecule has 2 rings (SSSR count). The van der Waals surface area contributed by atoms with Crippen LogP contribution in [0.5, 0.6) is 5.75 Å². The molecule has 2 aromatic carbocycles. The van der Waals surface area contributed by atoms with E-state index >= 15 is 0 Å². The largest absolute Gasteiger partial charge is 0.508 e. The van der Waals surface area contributed by atoms with Crippen molar-refractivity contribution >= 4 is 23.4 Å². The summed E-state index contributed by atoms with van der Waals surface area (Å²) >= 11 is 1.40. The first-order valence-electron chi connectivity index (χ1n) is 6.58. The average molecular weight is 305 g/mol. The summed E-state index contributed by atoms with van der Waals surface area (Å²) in [6.07, 6.45) is 0. The van der Waals surface area contributed by atoms with E-state index < -0.39 is 0 Å². The number of rotatable bonds is 5. The zero-order valence-corrected chi connectivity index (χ0v) is 12.4. The highest BCUT2D eigenvalue weighted by Gasteiger charge is 2.14. The second-order valence-corrected chi connectivity index (χ2v) is 5.45. The molecular formula is C16H16FNO2S. The van der Waals surface area contributed by atoms with Crippen molar-refractivity contribution in [1.29, 1.82) is 0 Å². The zero-order valence-electron chi connectivity index (χ0n) is 11.6. The fourth-order valence-corrected chi connectivity index (χ4v) is 2.66. The van der Waals surface area contributed by atoms with E-state index in [0.29, 0.717) is 12.2 Å². The maximum atomic E-state index is 12.9. The molecule has 0 saturated heterocycles. The number of aromatic hydroxyl groups is 1. The van der Waals surface area contributed by atoms with E-state index in [-0.39, 0.29) is 23.2 Å². The Bertz CT molecular complexity index is 599. The fourth-order valence-electron chi connectivity index (χ4n) is 1.89. The molecule has 5 heteroatoms. The van der Waals surface area contributed by atoms with Gasteiger partial charge in [-0.1, -0.05) is 0 Å². The molecule has 2 aromatic rings. The number of halogens is 1. The molecule has 0 heterocycles. The Balaban J connectivity index is 2.00. The van der Waals surface area contributed by atoms with Gasteiger partial charge in [-0.3, -0.25) is 4.79 Å². The third kappa shape index (κ3) is 4.23. The van der Waals surface area contributed by atoms with Crippen LogP contribution in [0, 0.1) is 5.82 Å². The number of carbonyl (C=O) groups is 1. The first-order chi connectivity index (χ1) is 10.1. The number of hydrogen-bond acceptors (Lipinski definition) is 3. The molecule has 110 valence electrons. The normalized spacial score (nSPS) is 10.4. The summed E-state index contributed by atoms with van der Waals surface area (Å²) in [7, 11) is 0. The minimum Gasteiger partial charge on any atom is -0.508 e. The SMILES string of the molecule is CCN(C(=O)CSc1ccc(O)cc1)c1ccc(F)cc1. The van der Waals surface area contributed by atoms with Gasteiger partial charge < -0.3 is 10.0 Å². The lowest BCUT2D eigenvalue weighted by Crippen LogP contribution is -2.32. The maximum Gasteiger partial charge on any atom is 0.237 e. The monoisotopic (exact) mass is 305 g/mol. The molecule has 0 bridgehead atoms. The van der Waals surface area contributed by atoms with Crippen molar-refractivity contribution < 1.29 is 14.3 Å². The van der Waals surface area contributed by atoms with Gasteiger partial charge in [0, 0.05) is 17.1 Å². The molecule has 0 saturated carbocycles. The second kappa shape index (κ2) is 7.13. The predicted molar refractivity (Wildman–Crippen MR) is 83.3 cm³/mol. The van der Waals surface area contributed by atoms with E-state index in [4.69, 9.17) is 0 Å². The molecule has 0 aliphatic rings. The fraction of sp³-hybridized carbons (Fsp3) is 0.188. The van der Waals surface area contributed by atoms with Crippen molar-refractivity contribution in [3.05, 3.63) is 54.3 Å². The number of carbonyl (C=O) groups excluding carboxylic acids is 1. The van der Waals surface area contributed by atoms with Crippen molar-refractivity contribution in [2.45, 2.75) is 11.8 Å². The van der Waals surface area contributed by atoms with Crippen LogP contribution in [0.4, 0.5) is 10.1 Å². The Kier molecular flexibility index (Phi) is 5.22. The lowest BCUT2D eigenvalue weighted by molar-refractivity contribution is -0.116. The molecule has 0 spiro atoms. The average Bonchev–Trinajstić information content (AvgIpc) is 2.49. The van der Waals surface area contributed by atoms with Crippen LogP contribution < -0.4 is 4.90 Å². The van der Waals surface area contributed by atoms with Crippen molar-refractivity contribution in [1.82, 2.24) is 0 Å². The van der Waals surface area contributed by atoms with Crippen LogP contribution in [-0.2, 0) is 4.79 Å². The Morgan fingerprint density at radius 2 is 1.76 bits per heavy atom. The highest BCUT2D eigenvalue weighted by molar-refractivity contribution is 8.00. The highest BCUT2D eigenvalue weighted by atomic mass is 32.2. The van der Waals surface area contributed by atoms with E-state index in [0.717, 1.165) is 4.90 Å². The second-order valence-electron chi connectivity index (χ2n) is 4.40. The molecule has 21 heavy (non-hydrogen) atoms. The molecule has 1 N–H and O–H groups in total. The lowest BCUT2D eigenvalue weighted by atomic mass is 10.3. The van der Waals surface area contributed by atoms with Gasteiger partial charge in [0.2, 0.25) is 5.91 Å². The molecule has 0 atom stereocenters. The van der Waals surface area contributed by atoms with E-state index in [1.807, 2.05) is 6.92 Å². The Morgan fingerprint density at radius 1 is 1.14 bits per heavy atom. The van der Waals surface area contributed by atoms with Gasteiger partial charge in [-0.25, -0.2) is 4.39 Å². The number of hydrogen-bond donors (Lipinski definition) is 1. The van der Waals surface area contributed by atoms with Crippen molar-refractivity contribution in [2.75, 3.05) is 17.2 Å². The van der Waals surface area contributed by atoms with E-state index in [9.17, 15) is 14.3 Å². The van der Waals surface area contributed by atoms with Gasteiger partial charge in [-0.05, 0) is 55.5 Å². The van der Waals surface area contributed by atoms with Crippen LogP contribution in [-0.4, -0.2) is 23.3 Å². The van der Waals surface area contributed by atoms with Crippen molar-refractivity contribution in [2.24, 2.45) is 0 Å². The van der Waals surface area contributed by atoms with E-state index in [1.54, 1.807) is 41.3 Å². The summed E-state index contributed by atoms with van der Waals surface area (Å²) in [6.45, 7) is 2.41. The molecule has 3 nitrogen and oxygen atoms in total. The first kappa shape index (κ1) is 15.4. The third-order valence-corrected chi connectivity index (χ3v) is 3.95. The molecule has 0 fully saturated rings. The smallest absolute Gasteiger partial charge is 0.237 e. The summed E-state index contributed by atoms with van der Waals surface area (Å²) in [5.41, 5.74) is 0.690. The molecule has 0 aliphatic heterocycles. The molecule has 0 aromatic heterocycles. The van der Waals surface area contributed by atoms with Gasteiger partial charge in [0.15, 0.2) is 0 Å². The van der Waals surface area contributed by atoms with Gasteiger partial charge >= 0.3 is 0 Å². The third-order valence-electron chi connectivity index (χ3n) is 2.95. The number of amides is 1. The van der Waals surface area contributed by atoms with Crippen LogP contribution >= 0.6 is 11.8 Å². The quantitative estimate of drug-likeness (QED) is 0.857. The van der Waals surface area contributed by atoms with Crippen LogP contribution in [0.15, 0.2) is 53.4 Å². The van der Waals surface area contributed by atoms with Crippen molar-refractivity contribution in [3.8, 4) is 5.75 Å². The summed E-state index contributed by atoms with van der Waals surface area (Å²) < 4.78 is 12.9. The number of phenols is 1. The molecule has 0 unspecified atom stereocenters. The predicted octanol–water partition coefficient (Wildman–Crippen LogP) is 3.68. The number of phenolic OH excluding ortho intramolecular Hbond substituents is 1. The maximum absolute atomic E-state index is 12.9. The van der Waals surface area contributed by atoms with Crippen LogP contribution in [0.1, 0.15) is 6.92 Å². The zero-order chi connectivity index (χ0) is 15.2. The van der Waals surface area contributed by atoms with Gasteiger partial charge in [0.25, 0.3) is 0 Å². The Morgan fingerprint density at radius 3 is 2.33 bits per heavy atom. The topological polar surface area (TPSA) is 40.5 Å². The van der Waals surface area contributed by atoms with E-state index in [1.165, 1.54) is 23.9 Å². The molecular weight excluding hydrogens is 289 g/mol. The number of anilines is 1. The summed E-state index contributed by atoms with van der Waals surface area (Å²) in [5.74, 6) is 0.130. The Hall–Kier alpha value is -2.01. The molecule has 0 aliphatic carbocycles. The summed E-state index contributed by atoms with van der Waals surface area (Å²) in [5, 5.41) is 9.22. The molecule has 0 radical (unpaired) electrons. The van der Waals surface area contributed by atoms with Gasteiger partial charge in [-0.2, -0.15) is 0 Å². The minimum atomic E-state index is -0.319. The summed E-state index contributed by atoms with van der Waals surface area (Å²) in [6, 6.07) is 12.6. The highest BCUT2D eigenvalue weighted by Crippen LogP contribution is 2.22. The number of thioether (sulfide) groups is 1. The molecule has 1 amide bonds. The standard InChI is InChI=1S/C16H16FNO2S/c1-2-18(13-5-3-12(17)4-6-13)16(20)11-21-15-9-7-14(19)8-10-15/h3-10,19H,2,11H2,1H3.